The molecule has 2 fully saturated rings. The third kappa shape index (κ3) is 4.36. The smallest absolute Gasteiger partial charge is 0.260 e. The van der Waals surface area contributed by atoms with E-state index in [2.05, 4.69) is 0 Å². The van der Waals surface area contributed by atoms with E-state index in [1.54, 1.807) is 4.90 Å². The van der Waals surface area contributed by atoms with Crippen LogP contribution in [0.5, 0.6) is 5.75 Å². The molecule has 1 aromatic rings. The number of amides is 2. The first-order chi connectivity index (χ1) is 12.6. The van der Waals surface area contributed by atoms with Gasteiger partial charge in [-0.15, -0.1) is 0 Å². The van der Waals surface area contributed by atoms with Crippen molar-refractivity contribution in [2.24, 2.45) is 17.6 Å². The molecule has 142 valence electrons. The quantitative estimate of drug-likeness (QED) is 0.863. The minimum absolute atomic E-state index is 0.0293. The highest BCUT2D eigenvalue weighted by Crippen LogP contribution is 2.32. The lowest BCUT2D eigenvalue weighted by atomic mass is 9.94. The van der Waals surface area contributed by atoms with Gasteiger partial charge in [-0.1, -0.05) is 24.1 Å². The van der Waals surface area contributed by atoms with Gasteiger partial charge in [0.25, 0.3) is 5.91 Å². The maximum absolute atomic E-state index is 12.7. The molecule has 2 amide bonds. The molecule has 2 aliphatic rings. The van der Waals surface area contributed by atoms with Crippen LogP contribution in [-0.2, 0) is 9.59 Å². The van der Waals surface area contributed by atoms with Crippen molar-refractivity contribution in [1.82, 2.24) is 9.80 Å². The Labute approximate surface area is 155 Å². The number of benzene rings is 1. The second kappa shape index (κ2) is 8.54. The number of hydrogen-bond donors (Lipinski definition) is 1. The fourth-order valence-electron chi connectivity index (χ4n) is 3.93. The van der Waals surface area contributed by atoms with Crippen LogP contribution in [0.1, 0.15) is 24.8 Å². The number of ether oxygens (including phenoxy) is 1. The standard InChI is InChI=1S/C20H29N3O3/c1-15-5-7-17(8-6-15)26-14-19(24)22-9-11-23(12-10-22)20(25)18-4-2-3-16(18)13-21/h5-8,16,18H,2-4,9-14,21H2,1H3/t16-,18-/m1/s1. The number of nitrogens with two attached hydrogens (primary N) is 1. The fourth-order valence-corrected chi connectivity index (χ4v) is 3.93. The number of rotatable bonds is 5. The summed E-state index contributed by atoms with van der Waals surface area (Å²) in [6.07, 6.45) is 3.10. The van der Waals surface area contributed by atoms with Crippen LogP contribution in [0.2, 0.25) is 0 Å². The molecule has 1 aliphatic heterocycles. The summed E-state index contributed by atoms with van der Waals surface area (Å²) in [7, 11) is 0. The summed E-state index contributed by atoms with van der Waals surface area (Å²) >= 11 is 0. The molecular formula is C20H29N3O3. The van der Waals surface area contributed by atoms with Gasteiger partial charge in [0.05, 0.1) is 0 Å². The van der Waals surface area contributed by atoms with Gasteiger partial charge in [0.1, 0.15) is 5.75 Å². The molecule has 1 saturated heterocycles. The summed E-state index contributed by atoms with van der Waals surface area (Å²) < 4.78 is 5.57. The van der Waals surface area contributed by atoms with Gasteiger partial charge in [-0.25, -0.2) is 0 Å². The second-order valence-corrected chi connectivity index (χ2v) is 7.34. The van der Waals surface area contributed by atoms with E-state index in [0.717, 1.165) is 24.8 Å². The van der Waals surface area contributed by atoms with E-state index < -0.39 is 0 Å². The van der Waals surface area contributed by atoms with Crippen molar-refractivity contribution in [2.75, 3.05) is 39.3 Å². The number of carbonyl (C=O) groups excluding carboxylic acids is 2. The van der Waals surface area contributed by atoms with Gasteiger partial charge in [-0.2, -0.15) is 0 Å². The Kier molecular flexibility index (Phi) is 6.14. The summed E-state index contributed by atoms with van der Waals surface area (Å²) in [6, 6.07) is 7.66. The number of hydrogen-bond acceptors (Lipinski definition) is 4. The third-order valence-corrected chi connectivity index (χ3v) is 5.61. The summed E-state index contributed by atoms with van der Waals surface area (Å²) in [5, 5.41) is 0. The molecule has 1 aliphatic carbocycles. The van der Waals surface area contributed by atoms with E-state index >= 15 is 0 Å². The van der Waals surface area contributed by atoms with Gasteiger partial charge in [0.15, 0.2) is 6.61 Å². The monoisotopic (exact) mass is 359 g/mol. The predicted octanol–water partition coefficient (Wildman–Crippen LogP) is 1.42. The molecular weight excluding hydrogens is 330 g/mol. The van der Waals surface area contributed by atoms with E-state index in [1.807, 2.05) is 36.1 Å². The largest absolute Gasteiger partial charge is 0.484 e. The van der Waals surface area contributed by atoms with Crippen LogP contribution in [0.15, 0.2) is 24.3 Å². The van der Waals surface area contributed by atoms with Crippen molar-refractivity contribution in [3.05, 3.63) is 29.8 Å². The number of carbonyl (C=O) groups is 2. The van der Waals surface area contributed by atoms with Gasteiger partial charge in [-0.05, 0) is 44.4 Å². The molecule has 0 aromatic heterocycles. The van der Waals surface area contributed by atoms with Crippen LogP contribution in [0.25, 0.3) is 0 Å². The Bertz CT molecular complexity index is 624. The maximum atomic E-state index is 12.7. The number of piperazine rings is 1. The molecule has 0 radical (unpaired) electrons. The van der Waals surface area contributed by atoms with Crippen LogP contribution < -0.4 is 10.5 Å². The predicted molar refractivity (Wildman–Crippen MR) is 99.7 cm³/mol. The highest BCUT2D eigenvalue weighted by Gasteiger charge is 2.36. The first-order valence-corrected chi connectivity index (χ1v) is 9.54. The molecule has 6 nitrogen and oxygen atoms in total. The van der Waals surface area contributed by atoms with Crippen molar-refractivity contribution >= 4 is 11.8 Å². The van der Waals surface area contributed by atoms with E-state index in [4.69, 9.17) is 10.5 Å². The Morgan fingerprint density at radius 2 is 1.73 bits per heavy atom. The zero-order valence-corrected chi connectivity index (χ0v) is 15.5. The van der Waals surface area contributed by atoms with Crippen LogP contribution in [0.3, 0.4) is 0 Å². The normalized spacial score (nSPS) is 23.2. The van der Waals surface area contributed by atoms with Crippen molar-refractivity contribution in [3.8, 4) is 5.75 Å². The molecule has 0 spiro atoms. The lowest BCUT2D eigenvalue weighted by Crippen LogP contribution is -2.53. The Morgan fingerprint density at radius 3 is 2.38 bits per heavy atom. The molecule has 3 rings (SSSR count). The molecule has 1 heterocycles. The van der Waals surface area contributed by atoms with Gasteiger partial charge in [0, 0.05) is 32.1 Å². The first-order valence-electron chi connectivity index (χ1n) is 9.54. The van der Waals surface area contributed by atoms with E-state index in [1.165, 1.54) is 0 Å². The molecule has 0 unspecified atom stereocenters. The van der Waals surface area contributed by atoms with Crippen LogP contribution in [0.4, 0.5) is 0 Å². The number of nitrogens with zero attached hydrogens (tertiary/aromatic N) is 2. The van der Waals surface area contributed by atoms with Crippen LogP contribution in [-0.4, -0.2) is 60.9 Å². The summed E-state index contributed by atoms with van der Waals surface area (Å²) in [5.74, 6) is 1.29. The van der Waals surface area contributed by atoms with Crippen LogP contribution >= 0.6 is 0 Å². The fraction of sp³-hybridized carbons (Fsp3) is 0.600. The van der Waals surface area contributed by atoms with Gasteiger partial charge >= 0.3 is 0 Å². The highest BCUT2D eigenvalue weighted by molar-refractivity contribution is 5.81. The summed E-state index contributed by atoms with van der Waals surface area (Å²) in [6.45, 7) is 4.98. The van der Waals surface area contributed by atoms with Gasteiger partial charge in [0.2, 0.25) is 5.91 Å². The van der Waals surface area contributed by atoms with Gasteiger partial charge < -0.3 is 20.3 Å². The maximum Gasteiger partial charge on any atom is 0.260 e. The SMILES string of the molecule is Cc1ccc(OCC(=O)N2CCN(C(=O)[C@@H]3CCC[C@@H]3CN)CC2)cc1. The Hall–Kier alpha value is -2.08. The molecule has 2 atom stereocenters. The minimum Gasteiger partial charge on any atom is -0.484 e. The van der Waals surface area contributed by atoms with Crippen molar-refractivity contribution in [2.45, 2.75) is 26.2 Å². The zero-order chi connectivity index (χ0) is 18.5. The minimum atomic E-state index is -0.0293. The lowest BCUT2D eigenvalue weighted by Gasteiger charge is -2.36. The average molecular weight is 359 g/mol. The number of aryl methyl sites for hydroxylation is 1. The van der Waals surface area contributed by atoms with Crippen molar-refractivity contribution in [1.29, 1.82) is 0 Å². The molecule has 2 N–H and O–H groups in total. The summed E-state index contributed by atoms with van der Waals surface area (Å²) in [5.41, 5.74) is 6.96. The van der Waals surface area contributed by atoms with E-state index in [9.17, 15) is 9.59 Å². The molecule has 1 aromatic carbocycles. The van der Waals surface area contributed by atoms with E-state index in [-0.39, 0.29) is 24.3 Å². The Balaban J connectivity index is 1.44. The average Bonchev–Trinajstić information content (AvgIpc) is 3.15. The third-order valence-electron chi connectivity index (χ3n) is 5.61. The van der Waals surface area contributed by atoms with Crippen LogP contribution in [0, 0.1) is 18.8 Å². The Morgan fingerprint density at radius 1 is 1.08 bits per heavy atom. The zero-order valence-electron chi connectivity index (χ0n) is 15.5. The highest BCUT2D eigenvalue weighted by atomic mass is 16.5. The van der Waals surface area contributed by atoms with Gasteiger partial charge in [-0.3, -0.25) is 9.59 Å². The lowest BCUT2D eigenvalue weighted by molar-refractivity contribution is -0.143. The topological polar surface area (TPSA) is 75.9 Å². The van der Waals surface area contributed by atoms with Crippen molar-refractivity contribution in [3.63, 3.8) is 0 Å². The molecule has 0 bridgehead atoms. The van der Waals surface area contributed by atoms with Crippen molar-refractivity contribution < 1.29 is 14.3 Å². The summed E-state index contributed by atoms with van der Waals surface area (Å²) in [4.78, 5) is 28.8. The molecule has 26 heavy (non-hydrogen) atoms. The molecule has 6 heteroatoms. The second-order valence-electron chi connectivity index (χ2n) is 7.34. The first kappa shape index (κ1) is 18.7. The molecule has 1 saturated carbocycles. The van der Waals surface area contributed by atoms with E-state index in [0.29, 0.717) is 44.4 Å².